The largest absolute Gasteiger partial charge is 0.454 e. The Bertz CT molecular complexity index is 1000. The van der Waals surface area contributed by atoms with Crippen molar-refractivity contribution in [1.29, 1.82) is 0 Å². The third-order valence-corrected chi connectivity index (χ3v) is 5.58. The fraction of sp³-hybridized carbons (Fsp3) is 0.333. The van der Waals surface area contributed by atoms with Crippen molar-refractivity contribution in [2.24, 2.45) is 0 Å². The molecule has 0 fully saturated rings. The smallest absolute Gasteiger partial charge is 0.339 e. The SMILES string of the molecule is CC(=O)Nc1ccc2c(c1)C(=O)OC2C1c2cc3c(cc2CCN1C)OCO3. The first-order chi connectivity index (χ1) is 13.5. The fourth-order valence-corrected chi connectivity index (χ4v) is 4.30. The van der Waals surface area contributed by atoms with Crippen LogP contribution >= 0.6 is 0 Å². The van der Waals surface area contributed by atoms with E-state index in [9.17, 15) is 9.59 Å². The van der Waals surface area contributed by atoms with Gasteiger partial charge in [-0.15, -0.1) is 0 Å². The predicted octanol–water partition coefficient (Wildman–Crippen LogP) is 2.81. The third kappa shape index (κ3) is 2.62. The maximum Gasteiger partial charge on any atom is 0.339 e. The Kier molecular flexibility index (Phi) is 3.80. The van der Waals surface area contributed by atoms with Gasteiger partial charge in [0.05, 0.1) is 11.6 Å². The molecule has 7 heteroatoms. The molecule has 0 radical (unpaired) electrons. The van der Waals surface area contributed by atoms with Crippen LogP contribution in [-0.2, 0) is 16.0 Å². The van der Waals surface area contributed by atoms with Gasteiger partial charge in [-0.25, -0.2) is 4.79 Å². The van der Waals surface area contributed by atoms with Gasteiger partial charge >= 0.3 is 5.97 Å². The van der Waals surface area contributed by atoms with Crippen LogP contribution in [-0.4, -0.2) is 37.2 Å². The molecule has 1 amide bonds. The zero-order chi connectivity index (χ0) is 19.4. The predicted molar refractivity (Wildman–Crippen MR) is 101 cm³/mol. The van der Waals surface area contributed by atoms with Crippen molar-refractivity contribution in [3.05, 3.63) is 52.6 Å². The van der Waals surface area contributed by atoms with Gasteiger partial charge in [-0.3, -0.25) is 9.69 Å². The van der Waals surface area contributed by atoms with Crippen molar-refractivity contribution in [1.82, 2.24) is 4.90 Å². The first-order valence-electron chi connectivity index (χ1n) is 9.26. The Morgan fingerprint density at radius 2 is 1.93 bits per heavy atom. The molecular weight excluding hydrogens is 360 g/mol. The average Bonchev–Trinajstić information content (AvgIpc) is 3.24. The summed E-state index contributed by atoms with van der Waals surface area (Å²) in [5, 5.41) is 2.71. The molecule has 0 aromatic heterocycles. The lowest BCUT2D eigenvalue weighted by Crippen LogP contribution is -2.36. The van der Waals surface area contributed by atoms with E-state index in [4.69, 9.17) is 14.2 Å². The lowest BCUT2D eigenvalue weighted by Gasteiger charge is -2.37. The van der Waals surface area contributed by atoms with E-state index in [0.717, 1.165) is 35.6 Å². The Morgan fingerprint density at radius 3 is 2.71 bits per heavy atom. The molecule has 0 saturated carbocycles. The molecule has 3 aliphatic rings. The first-order valence-corrected chi connectivity index (χ1v) is 9.26. The summed E-state index contributed by atoms with van der Waals surface area (Å²) in [4.78, 5) is 26.1. The summed E-state index contributed by atoms with van der Waals surface area (Å²) in [6.07, 6.45) is 0.479. The van der Waals surface area contributed by atoms with Crippen LogP contribution in [0.4, 0.5) is 5.69 Å². The number of carbonyl (C=O) groups excluding carboxylic acids is 2. The van der Waals surface area contributed by atoms with Gasteiger partial charge in [0.2, 0.25) is 12.7 Å². The minimum absolute atomic E-state index is 0.116. The minimum Gasteiger partial charge on any atom is -0.454 e. The van der Waals surface area contributed by atoms with E-state index >= 15 is 0 Å². The Morgan fingerprint density at radius 1 is 1.14 bits per heavy atom. The van der Waals surface area contributed by atoms with Crippen LogP contribution in [0.2, 0.25) is 0 Å². The van der Waals surface area contributed by atoms with Gasteiger partial charge in [0.1, 0.15) is 6.10 Å². The van der Waals surface area contributed by atoms with Gasteiger partial charge in [-0.1, -0.05) is 6.07 Å². The van der Waals surface area contributed by atoms with Crippen molar-refractivity contribution in [2.75, 3.05) is 25.7 Å². The number of benzene rings is 2. The van der Waals surface area contributed by atoms with Crippen molar-refractivity contribution in [3.8, 4) is 11.5 Å². The second-order valence-corrected chi connectivity index (χ2v) is 7.39. The number of carbonyl (C=O) groups is 2. The molecule has 0 spiro atoms. The van der Waals surface area contributed by atoms with Crippen molar-refractivity contribution >= 4 is 17.6 Å². The molecule has 0 saturated heterocycles. The molecule has 7 nitrogen and oxygen atoms in total. The number of amides is 1. The van der Waals surface area contributed by atoms with Crippen LogP contribution in [0.1, 0.15) is 46.1 Å². The highest BCUT2D eigenvalue weighted by Gasteiger charge is 2.42. The highest BCUT2D eigenvalue weighted by atomic mass is 16.7. The highest BCUT2D eigenvalue weighted by Crippen LogP contribution is 2.48. The number of rotatable bonds is 2. The molecule has 2 unspecified atom stereocenters. The minimum atomic E-state index is -0.418. The number of nitrogens with zero attached hydrogens (tertiary/aromatic N) is 1. The second kappa shape index (κ2) is 6.24. The number of likely N-dealkylation sites (N-methyl/N-ethyl adjacent to an activating group) is 1. The molecule has 2 atom stereocenters. The molecule has 3 heterocycles. The third-order valence-electron chi connectivity index (χ3n) is 5.58. The molecule has 0 aliphatic carbocycles. The number of cyclic esters (lactones) is 1. The van der Waals surface area contributed by atoms with E-state index in [1.165, 1.54) is 12.5 Å². The van der Waals surface area contributed by atoms with Crippen LogP contribution in [0.3, 0.4) is 0 Å². The number of esters is 1. The molecule has 0 bridgehead atoms. The quantitative estimate of drug-likeness (QED) is 0.808. The number of hydrogen-bond donors (Lipinski definition) is 1. The monoisotopic (exact) mass is 380 g/mol. The maximum absolute atomic E-state index is 12.6. The number of hydrogen-bond acceptors (Lipinski definition) is 6. The molecule has 1 N–H and O–H groups in total. The second-order valence-electron chi connectivity index (χ2n) is 7.39. The molecule has 28 heavy (non-hydrogen) atoms. The molecule has 3 aliphatic heterocycles. The van der Waals surface area contributed by atoms with Gasteiger partial charge in [-0.2, -0.15) is 0 Å². The molecule has 2 aromatic carbocycles. The summed E-state index contributed by atoms with van der Waals surface area (Å²) >= 11 is 0. The van der Waals surface area contributed by atoms with Gasteiger partial charge in [0.15, 0.2) is 11.5 Å². The molecular formula is C21H20N2O5. The summed E-state index contributed by atoms with van der Waals surface area (Å²) in [6.45, 7) is 2.52. The van der Waals surface area contributed by atoms with Gasteiger partial charge in [0.25, 0.3) is 0 Å². The summed E-state index contributed by atoms with van der Waals surface area (Å²) in [5.74, 6) is 0.948. The summed E-state index contributed by atoms with van der Waals surface area (Å²) in [5.41, 5.74) is 4.20. The average molecular weight is 380 g/mol. The van der Waals surface area contributed by atoms with E-state index in [0.29, 0.717) is 11.3 Å². The van der Waals surface area contributed by atoms with Crippen molar-refractivity contribution < 1.29 is 23.8 Å². The van der Waals surface area contributed by atoms with Gasteiger partial charge in [-0.05, 0) is 48.9 Å². The number of fused-ring (bicyclic) bond motifs is 3. The van der Waals surface area contributed by atoms with Crippen LogP contribution in [0, 0.1) is 0 Å². The Balaban J connectivity index is 1.56. The Hall–Kier alpha value is -3.06. The van der Waals surface area contributed by atoms with Crippen molar-refractivity contribution in [2.45, 2.75) is 25.5 Å². The maximum atomic E-state index is 12.6. The fourth-order valence-electron chi connectivity index (χ4n) is 4.30. The van der Waals surface area contributed by atoms with E-state index in [1.54, 1.807) is 12.1 Å². The lowest BCUT2D eigenvalue weighted by atomic mass is 9.86. The van der Waals surface area contributed by atoms with E-state index in [-0.39, 0.29) is 24.7 Å². The van der Waals surface area contributed by atoms with Crippen molar-refractivity contribution in [3.63, 3.8) is 0 Å². The molecule has 2 aromatic rings. The first kappa shape index (κ1) is 17.1. The van der Waals surface area contributed by atoms with Crippen LogP contribution < -0.4 is 14.8 Å². The highest BCUT2D eigenvalue weighted by molar-refractivity contribution is 5.97. The Labute approximate surface area is 162 Å². The van der Waals surface area contributed by atoms with E-state index < -0.39 is 6.10 Å². The van der Waals surface area contributed by atoms with E-state index in [1.807, 2.05) is 25.2 Å². The summed E-state index contributed by atoms with van der Waals surface area (Å²) in [6, 6.07) is 9.28. The summed E-state index contributed by atoms with van der Waals surface area (Å²) < 4.78 is 16.9. The molecule has 5 rings (SSSR count). The van der Waals surface area contributed by atoms with E-state index in [2.05, 4.69) is 10.2 Å². The van der Waals surface area contributed by atoms with Crippen LogP contribution in [0.15, 0.2) is 30.3 Å². The molecule has 144 valence electrons. The summed E-state index contributed by atoms with van der Waals surface area (Å²) in [7, 11) is 2.04. The number of anilines is 1. The number of ether oxygens (including phenoxy) is 3. The van der Waals surface area contributed by atoms with Crippen LogP contribution in [0.5, 0.6) is 11.5 Å². The topological polar surface area (TPSA) is 77.1 Å². The lowest BCUT2D eigenvalue weighted by molar-refractivity contribution is -0.114. The van der Waals surface area contributed by atoms with Gasteiger partial charge in [0, 0.05) is 24.7 Å². The number of nitrogens with one attached hydrogen (secondary N) is 1. The zero-order valence-electron chi connectivity index (χ0n) is 15.7. The standard InChI is InChI=1S/C21H20N2O5/c1-11(24)22-13-3-4-14-16(8-13)21(25)28-20(14)19-15-9-18-17(26-10-27-18)7-12(15)5-6-23(19)2/h3-4,7-9,19-20H,5-6,10H2,1-2H3,(H,22,24). The zero-order valence-corrected chi connectivity index (χ0v) is 15.7. The normalized spacial score (nSPS) is 22.4. The van der Waals surface area contributed by atoms with Gasteiger partial charge < -0.3 is 19.5 Å². The van der Waals surface area contributed by atoms with Crippen LogP contribution in [0.25, 0.3) is 0 Å².